The molecule has 0 aliphatic rings. The summed E-state index contributed by atoms with van der Waals surface area (Å²) in [6.07, 6.45) is 2.21. The van der Waals surface area contributed by atoms with Gasteiger partial charge in [0.2, 0.25) is 0 Å². The van der Waals surface area contributed by atoms with Crippen molar-refractivity contribution in [3.63, 3.8) is 0 Å². The van der Waals surface area contributed by atoms with E-state index in [0.29, 0.717) is 0 Å². The van der Waals surface area contributed by atoms with Gasteiger partial charge in [0.15, 0.2) is 0 Å². The minimum Gasteiger partial charge on any atom is -0.372 e. The van der Waals surface area contributed by atoms with Crippen LogP contribution >= 0.6 is 0 Å². The van der Waals surface area contributed by atoms with Crippen LogP contribution in [0.15, 0.2) is 24.3 Å². The lowest BCUT2D eigenvalue weighted by Crippen LogP contribution is -2.33. The molecule has 2 N–H and O–H groups in total. The standard InChI is InChI=1S/C15H26N2/c1-5-17(12-8-11-15(3,4)16)14-10-7-6-9-13(14)2/h6-7,9-10H,5,8,11-12,16H2,1-4H3. The average Bonchev–Trinajstić information content (AvgIpc) is 2.24. The van der Waals surface area contributed by atoms with E-state index in [2.05, 4.69) is 56.9 Å². The van der Waals surface area contributed by atoms with E-state index in [9.17, 15) is 0 Å². The van der Waals surface area contributed by atoms with Gasteiger partial charge in [0.25, 0.3) is 0 Å². The van der Waals surface area contributed by atoms with Crippen molar-refractivity contribution in [2.75, 3.05) is 18.0 Å². The Morgan fingerprint density at radius 2 is 1.88 bits per heavy atom. The fraction of sp³-hybridized carbons (Fsp3) is 0.600. The van der Waals surface area contributed by atoms with Gasteiger partial charge in [0.05, 0.1) is 0 Å². The van der Waals surface area contributed by atoms with Gasteiger partial charge in [-0.15, -0.1) is 0 Å². The highest BCUT2D eigenvalue weighted by molar-refractivity contribution is 5.52. The van der Waals surface area contributed by atoms with E-state index < -0.39 is 0 Å². The third kappa shape index (κ3) is 4.78. The molecule has 1 aromatic rings. The van der Waals surface area contributed by atoms with Crippen LogP contribution in [0.2, 0.25) is 0 Å². The maximum atomic E-state index is 6.01. The normalized spacial score (nSPS) is 11.6. The first-order chi connectivity index (χ1) is 7.94. The van der Waals surface area contributed by atoms with Crippen molar-refractivity contribution in [3.8, 4) is 0 Å². The Morgan fingerprint density at radius 3 is 2.41 bits per heavy atom. The summed E-state index contributed by atoms with van der Waals surface area (Å²) in [6, 6.07) is 8.57. The van der Waals surface area contributed by atoms with Gasteiger partial charge in [-0.2, -0.15) is 0 Å². The third-order valence-electron chi connectivity index (χ3n) is 3.09. The van der Waals surface area contributed by atoms with Crippen molar-refractivity contribution >= 4 is 5.69 Å². The molecule has 0 aliphatic heterocycles. The number of nitrogens with zero attached hydrogens (tertiary/aromatic N) is 1. The minimum absolute atomic E-state index is 0.0505. The van der Waals surface area contributed by atoms with Gasteiger partial charge in [-0.1, -0.05) is 18.2 Å². The first-order valence-corrected chi connectivity index (χ1v) is 6.53. The highest BCUT2D eigenvalue weighted by atomic mass is 15.1. The van der Waals surface area contributed by atoms with Crippen molar-refractivity contribution in [3.05, 3.63) is 29.8 Å². The second kappa shape index (κ2) is 6.06. The molecule has 0 heterocycles. The highest BCUT2D eigenvalue weighted by Gasteiger charge is 2.12. The lowest BCUT2D eigenvalue weighted by molar-refractivity contribution is 0.458. The monoisotopic (exact) mass is 234 g/mol. The van der Waals surface area contributed by atoms with Crippen molar-refractivity contribution in [1.82, 2.24) is 0 Å². The van der Waals surface area contributed by atoms with Crippen LogP contribution in [0.4, 0.5) is 5.69 Å². The molecule has 0 aliphatic carbocycles. The number of nitrogens with two attached hydrogens (primary N) is 1. The van der Waals surface area contributed by atoms with Crippen LogP contribution in [0.5, 0.6) is 0 Å². The molecule has 2 heteroatoms. The molecule has 2 nitrogen and oxygen atoms in total. The number of hydrogen-bond acceptors (Lipinski definition) is 2. The van der Waals surface area contributed by atoms with Crippen LogP contribution in [0.25, 0.3) is 0 Å². The quantitative estimate of drug-likeness (QED) is 0.818. The second-order valence-electron chi connectivity index (χ2n) is 5.46. The fourth-order valence-electron chi connectivity index (χ4n) is 2.09. The maximum Gasteiger partial charge on any atom is 0.0395 e. The second-order valence-corrected chi connectivity index (χ2v) is 5.46. The van der Waals surface area contributed by atoms with Crippen LogP contribution in [0.3, 0.4) is 0 Å². The van der Waals surface area contributed by atoms with E-state index >= 15 is 0 Å². The van der Waals surface area contributed by atoms with Gasteiger partial charge < -0.3 is 10.6 Å². The first kappa shape index (κ1) is 14.0. The van der Waals surface area contributed by atoms with E-state index in [1.807, 2.05) is 0 Å². The van der Waals surface area contributed by atoms with Crippen LogP contribution in [0, 0.1) is 6.92 Å². The summed E-state index contributed by atoms with van der Waals surface area (Å²) in [5, 5.41) is 0. The highest BCUT2D eigenvalue weighted by Crippen LogP contribution is 2.20. The zero-order chi connectivity index (χ0) is 12.9. The Kier molecular flexibility index (Phi) is 5.01. The summed E-state index contributed by atoms with van der Waals surface area (Å²) in [4.78, 5) is 2.43. The van der Waals surface area contributed by atoms with Crippen molar-refractivity contribution in [2.24, 2.45) is 5.73 Å². The molecule has 0 radical (unpaired) electrons. The van der Waals surface area contributed by atoms with E-state index in [0.717, 1.165) is 25.9 Å². The molecule has 17 heavy (non-hydrogen) atoms. The van der Waals surface area contributed by atoms with E-state index in [1.54, 1.807) is 0 Å². The zero-order valence-electron chi connectivity index (χ0n) is 11.7. The van der Waals surface area contributed by atoms with Crippen LogP contribution in [0.1, 0.15) is 39.2 Å². The smallest absolute Gasteiger partial charge is 0.0395 e. The van der Waals surface area contributed by atoms with Gasteiger partial charge in [0.1, 0.15) is 0 Å². The molecule has 0 amide bonds. The molecule has 0 unspecified atom stereocenters. The predicted molar refractivity (Wildman–Crippen MR) is 76.6 cm³/mol. The van der Waals surface area contributed by atoms with Crippen LogP contribution in [-0.2, 0) is 0 Å². The van der Waals surface area contributed by atoms with Crippen molar-refractivity contribution in [2.45, 2.75) is 46.1 Å². The molecule has 1 aromatic carbocycles. The summed E-state index contributed by atoms with van der Waals surface area (Å²) >= 11 is 0. The van der Waals surface area contributed by atoms with E-state index in [4.69, 9.17) is 5.73 Å². The van der Waals surface area contributed by atoms with Gasteiger partial charge in [0, 0.05) is 24.3 Å². The summed E-state index contributed by atoms with van der Waals surface area (Å²) in [7, 11) is 0. The fourth-order valence-corrected chi connectivity index (χ4v) is 2.09. The molecule has 0 saturated heterocycles. The van der Waals surface area contributed by atoms with Gasteiger partial charge in [-0.25, -0.2) is 0 Å². The Hall–Kier alpha value is -1.02. The Labute approximate surface area is 106 Å². The molecule has 0 saturated carbocycles. The van der Waals surface area contributed by atoms with E-state index in [-0.39, 0.29) is 5.54 Å². The lowest BCUT2D eigenvalue weighted by Gasteiger charge is -2.27. The lowest BCUT2D eigenvalue weighted by atomic mass is 10.00. The number of anilines is 1. The summed E-state index contributed by atoms with van der Waals surface area (Å²) in [6.45, 7) is 10.7. The molecular formula is C15H26N2. The molecule has 0 bridgehead atoms. The third-order valence-corrected chi connectivity index (χ3v) is 3.09. The molecule has 96 valence electrons. The summed E-state index contributed by atoms with van der Waals surface area (Å²) in [5.74, 6) is 0. The van der Waals surface area contributed by atoms with Gasteiger partial charge >= 0.3 is 0 Å². The first-order valence-electron chi connectivity index (χ1n) is 6.53. The van der Waals surface area contributed by atoms with Gasteiger partial charge in [-0.05, 0) is 52.2 Å². The molecule has 0 spiro atoms. The Balaban J connectivity index is 2.58. The Morgan fingerprint density at radius 1 is 1.24 bits per heavy atom. The van der Waals surface area contributed by atoms with Crippen molar-refractivity contribution in [1.29, 1.82) is 0 Å². The Bertz CT molecular complexity index is 339. The van der Waals surface area contributed by atoms with Gasteiger partial charge in [-0.3, -0.25) is 0 Å². The summed E-state index contributed by atoms with van der Waals surface area (Å²) < 4.78 is 0. The zero-order valence-corrected chi connectivity index (χ0v) is 11.7. The average molecular weight is 234 g/mol. The minimum atomic E-state index is -0.0505. The number of benzene rings is 1. The van der Waals surface area contributed by atoms with Crippen LogP contribution in [-0.4, -0.2) is 18.6 Å². The number of aryl methyl sites for hydroxylation is 1. The number of para-hydroxylation sites is 1. The predicted octanol–water partition coefficient (Wildman–Crippen LogP) is 3.34. The SMILES string of the molecule is CCN(CCCC(C)(C)N)c1ccccc1C. The molecule has 1 rings (SSSR count). The molecule has 0 aromatic heterocycles. The number of rotatable bonds is 6. The molecular weight excluding hydrogens is 208 g/mol. The maximum absolute atomic E-state index is 6.01. The molecule has 0 atom stereocenters. The topological polar surface area (TPSA) is 29.3 Å². The largest absolute Gasteiger partial charge is 0.372 e. The summed E-state index contributed by atoms with van der Waals surface area (Å²) in [5.41, 5.74) is 8.66. The van der Waals surface area contributed by atoms with Crippen LogP contribution < -0.4 is 10.6 Å². The number of hydrogen-bond donors (Lipinski definition) is 1. The molecule has 0 fully saturated rings. The van der Waals surface area contributed by atoms with E-state index in [1.165, 1.54) is 11.3 Å². The van der Waals surface area contributed by atoms with Crippen molar-refractivity contribution < 1.29 is 0 Å².